The lowest BCUT2D eigenvalue weighted by molar-refractivity contribution is 0.0728. The van der Waals surface area contributed by atoms with Crippen LogP contribution >= 0.6 is 11.6 Å². The van der Waals surface area contributed by atoms with E-state index in [-0.39, 0.29) is 17.1 Å². The summed E-state index contributed by atoms with van der Waals surface area (Å²) in [5.41, 5.74) is 3.48. The summed E-state index contributed by atoms with van der Waals surface area (Å²) in [5, 5.41) is 1.16. The van der Waals surface area contributed by atoms with Gasteiger partial charge in [0.15, 0.2) is 5.43 Å². The SMILES string of the molecule is CCCN1C(=O)c2oc3cc(C)cc(C)c3c(=O)c2C1c1ccc(Cl)cc1. The Morgan fingerprint density at radius 1 is 1.11 bits per heavy atom. The Balaban J connectivity index is 2.04. The Kier molecular flexibility index (Phi) is 4.31. The Morgan fingerprint density at radius 2 is 1.81 bits per heavy atom. The molecule has 1 aliphatic heterocycles. The number of carbonyl (C=O) groups is 1. The maximum absolute atomic E-state index is 13.4. The van der Waals surface area contributed by atoms with Gasteiger partial charge >= 0.3 is 0 Å². The van der Waals surface area contributed by atoms with Gasteiger partial charge in [0.05, 0.1) is 17.0 Å². The van der Waals surface area contributed by atoms with Crippen molar-refractivity contribution >= 4 is 28.5 Å². The Labute approximate surface area is 162 Å². The van der Waals surface area contributed by atoms with E-state index in [4.69, 9.17) is 16.0 Å². The fourth-order valence-electron chi connectivity index (χ4n) is 3.98. The van der Waals surface area contributed by atoms with E-state index in [0.29, 0.717) is 28.1 Å². The number of benzene rings is 2. The maximum atomic E-state index is 13.4. The van der Waals surface area contributed by atoms with Crippen molar-refractivity contribution in [3.8, 4) is 0 Å². The summed E-state index contributed by atoms with van der Waals surface area (Å²) in [6.45, 7) is 6.40. The van der Waals surface area contributed by atoms with Crippen LogP contribution in [-0.2, 0) is 0 Å². The first-order valence-corrected chi connectivity index (χ1v) is 9.44. The molecule has 0 bridgehead atoms. The topological polar surface area (TPSA) is 50.5 Å². The van der Waals surface area contributed by atoms with Gasteiger partial charge in [-0.1, -0.05) is 36.7 Å². The molecule has 0 radical (unpaired) electrons. The van der Waals surface area contributed by atoms with Crippen LogP contribution in [0.3, 0.4) is 0 Å². The van der Waals surface area contributed by atoms with Crippen LogP contribution in [0.1, 0.15) is 52.2 Å². The minimum atomic E-state index is -0.453. The van der Waals surface area contributed by atoms with Crippen LogP contribution in [0.15, 0.2) is 45.6 Å². The zero-order chi connectivity index (χ0) is 19.3. The van der Waals surface area contributed by atoms with E-state index in [9.17, 15) is 9.59 Å². The van der Waals surface area contributed by atoms with Crippen LogP contribution in [0, 0.1) is 13.8 Å². The monoisotopic (exact) mass is 381 g/mol. The maximum Gasteiger partial charge on any atom is 0.290 e. The lowest BCUT2D eigenvalue weighted by atomic mass is 9.97. The van der Waals surface area contributed by atoms with Crippen LogP contribution in [0.4, 0.5) is 0 Å². The smallest absolute Gasteiger partial charge is 0.290 e. The van der Waals surface area contributed by atoms with E-state index in [1.54, 1.807) is 17.0 Å². The van der Waals surface area contributed by atoms with Gasteiger partial charge < -0.3 is 9.32 Å². The molecule has 0 N–H and O–H groups in total. The average molecular weight is 382 g/mol. The molecule has 5 heteroatoms. The molecular formula is C22H20ClNO3. The van der Waals surface area contributed by atoms with Crippen molar-refractivity contribution < 1.29 is 9.21 Å². The highest BCUT2D eigenvalue weighted by Gasteiger charge is 2.42. The van der Waals surface area contributed by atoms with Crippen molar-refractivity contribution in [1.82, 2.24) is 4.90 Å². The van der Waals surface area contributed by atoms with Gasteiger partial charge in [0.2, 0.25) is 5.76 Å². The van der Waals surface area contributed by atoms with Gasteiger partial charge in [0.1, 0.15) is 5.58 Å². The van der Waals surface area contributed by atoms with Crippen molar-refractivity contribution in [3.63, 3.8) is 0 Å². The van der Waals surface area contributed by atoms with Crippen LogP contribution in [-0.4, -0.2) is 17.4 Å². The number of amides is 1. The Bertz CT molecular complexity index is 1120. The predicted molar refractivity (Wildman–Crippen MR) is 107 cm³/mol. The number of carbonyl (C=O) groups excluding carboxylic acids is 1. The number of rotatable bonds is 3. The van der Waals surface area contributed by atoms with Crippen LogP contribution in [0.2, 0.25) is 5.02 Å². The molecular weight excluding hydrogens is 362 g/mol. The molecule has 1 unspecified atom stereocenters. The molecule has 0 spiro atoms. The minimum absolute atomic E-state index is 0.129. The van der Waals surface area contributed by atoms with Gasteiger partial charge in [-0.3, -0.25) is 9.59 Å². The summed E-state index contributed by atoms with van der Waals surface area (Å²) < 4.78 is 5.99. The fourth-order valence-corrected chi connectivity index (χ4v) is 4.10. The Morgan fingerprint density at radius 3 is 2.48 bits per heavy atom. The standard InChI is InChI=1S/C22H20ClNO3/c1-4-9-24-19(14-5-7-15(23)8-6-14)18-20(25)17-13(3)10-12(2)11-16(17)27-21(18)22(24)26/h5-8,10-11,19H,4,9H2,1-3H3. The summed E-state index contributed by atoms with van der Waals surface area (Å²) in [4.78, 5) is 28.2. The largest absolute Gasteiger partial charge is 0.450 e. The highest BCUT2D eigenvalue weighted by Crippen LogP contribution is 2.38. The molecule has 4 rings (SSSR count). The summed E-state index contributed by atoms with van der Waals surface area (Å²) in [5.74, 6) is -0.0733. The molecule has 4 nitrogen and oxygen atoms in total. The summed E-state index contributed by atoms with van der Waals surface area (Å²) in [6.07, 6.45) is 0.787. The van der Waals surface area contributed by atoms with Crippen LogP contribution in [0.5, 0.6) is 0 Å². The molecule has 1 amide bonds. The molecule has 27 heavy (non-hydrogen) atoms. The van der Waals surface area contributed by atoms with Crippen LogP contribution < -0.4 is 5.43 Å². The zero-order valence-corrected chi connectivity index (χ0v) is 16.3. The molecule has 2 heterocycles. The Hall–Kier alpha value is -2.59. The normalized spacial score (nSPS) is 16.2. The first kappa shape index (κ1) is 17.8. The number of fused-ring (bicyclic) bond motifs is 2. The number of hydrogen-bond donors (Lipinski definition) is 0. The molecule has 1 aromatic heterocycles. The quantitative estimate of drug-likeness (QED) is 0.640. The van der Waals surface area contributed by atoms with Gasteiger partial charge in [0.25, 0.3) is 5.91 Å². The molecule has 0 aliphatic carbocycles. The molecule has 1 aliphatic rings. The molecule has 0 saturated heterocycles. The highest BCUT2D eigenvalue weighted by molar-refractivity contribution is 6.30. The second-order valence-corrected chi connectivity index (χ2v) is 7.52. The number of aryl methyl sites for hydroxylation is 2. The number of halogens is 1. The van der Waals surface area contributed by atoms with Gasteiger partial charge in [0, 0.05) is 11.6 Å². The third-order valence-corrected chi connectivity index (χ3v) is 5.31. The summed E-state index contributed by atoms with van der Waals surface area (Å²) in [7, 11) is 0. The van der Waals surface area contributed by atoms with Gasteiger partial charge in [-0.05, 0) is 55.2 Å². The molecule has 3 aromatic rings. The van der Waals surface area contributed by atoms with Crippen molar-refractivity contribution in [2.24, 2.45) is 0 Å². The third-order valence-electron chi connectivity index (χ3n) is 5.06. The summed E-state index contributed by atoms with van der Waals surface area (Å²) >= 11 is 6.03. The van der Waals surface area contributed by atoms with E-state index in [2.05, 4.69) is 0 Å². The molecule has 0 fully saturated rings. The van der Waals surface area contributed by atoms with E-state index < -0.39 is 6.04 Å². The van der Waals surface area contributed by atoms with E-state index >= 15 is 0 Å². The lowest BCUT2D eigenvalue weighted by Crippen LogP contribution is -2.30. The molecule has 138 valence electrons. The van der Waals surface area contributed by atoms with E-state index in [0.717, 1.165) is 23.1 Å². The molecule has 0 saturated carbocycles. The predicted octanol–water partition coefficient (Wildman–Crippen LogP) is 5.02. The number of hydrogen-bond acceptors (Lipinski definition) is 3. The highest BCUT2D eigenvalue weighted by atomic mass is 35.5. The van der Waals surface area contributed by atoms with Gasteiger partial charge in [-0.2, -0.15) is 0 Å². The second-order valence-electron chi connectivity index (χ2n) is 7.08. The van der Waals surface area contributed by atoms with E-state index in [1.165, 1.54) is 0 Å². The van der Waals surface area contributed by atoms with Crippen molar-refractivity contribution in [2.45, 2.75) is 33.2 Å². The molecule has 1 atom stereocenters. The van der Waals surface area contributed by atoms with Crippen molar-refractivity contribution in [3.05, 3.63) is 79.7 Å². The first-order chi connectivity index (χ1) is 12.9. The third kappa shape index (κ3) is 2.76. The zero-order valence-electron chi connectivity index (χ0n) is 15.5. The fraction of sp³-hybridized carbons (Fsp3) is 0.273. The van der Waals surface area contributed by atoms with Crippen LogP contribution in [0.25, 0.3) is 11.0 Å². The number of nitrogens with zero attached hydrogens (tertiary/aromatic N) is 1. The van der Waals surface area contributed by atoms with Gasteiger partial charge in [-0.25, -0.2) is 0 Å². The average Bonchev–Trinajstić information content (AvgIpc) is 2.88. The first-order valence-electron chi connectivity index (χ1n) is 9.06. The summed E-state index contributed by atoms with van der Waals surface area (Å²) in [6, 6.07) is 10.6. The van der Waals surface area contributed by atoms with Crippen molar-refractivity contribution in [1.29, 1.82) is 0 Å². The molecule has 2 aromatic carbocycles. The lowest BCUT2D eigenvalue weighted by Gasteiger charge is -2.24. The second kappa shape index (κ2) is 6.54. The minimum Gasteiger partial charge on any atom is -0.450 e. The van der Waals surface area contributed by atoms with Gasteiger partial charge in [-0.15, -0.1) is 0 Å². The van der Waals surface area contributed by atoms with E-state index in [1.807, 2.05) is 45.0 Å². The van der Waals surface area contributed by atoms with Crippen molar-refractivity contribution in [2.75, 3.05) is 6.54 Å².